The molecular formula is C14H19N3O. The predicted molar refractivity (Wildman–Crippen MR) is 72.2 cm³/mol. The van der Waals surface area contributed by atoms with Crippen molar-refractivity contribution in [2.75, 3.05) is 0 Å². The summed E-state index contributed by atoms with van der Waals surface area (Å²) in [6.07, 6.45) is 0.844. The molecule has 0 radical (unpaired) electrons. The molecule has 2 atom stereocenters. The van der Waals surface area contributed by atoms with E-state index in [4.69, 9.17) is 11.5 Å². The molecule has 1 aliphatic carbocycles. The van der Waals surface area contributed by atoms with Crippen molar-refractivity contribution in [2.45, 2.75) is 32.1 Å². The molecular weight excluding hydrogens is 226 g/mol. The summed E-state index contributed by atoms with van der Waals surface area (Å²) < 4.78 is 0. The fraction of sp³-hybridized carbons (Fsp3) is 0.429. The first-order valence-corrected chi connectivity index (χ1v) is 6.22. The normalized spacial score (nSPS) is 21.7. The lowest BCUT2D eigenvalue weighted by molar-refractivity contribution is -0.119. The van der Waals surface area contributed by atoms with E-state index in [1.54, 1.807) is 0 Å². The van der Waals surface area contributed by atoms with Gasteiger partial charge in [0.2, 0.25) is 0 Å². The first kappa shape index (κ1) is 12.6. The number of hydrogen-bond donors (Lipinski definition) is 2. The lowest BCUT2D eigenvalue weighted by Crippen LogP contribution is -2.24. The molecule has 0 saturated heterocycles. The average Bonchev–Trinajstić information content (AvgIpc) is 3.08. The number of carbonyl (C=O) groups is 1. The number of nitrogens with two attached hydrogens (primary N) is 2. The maximum atomic E-state index is 11.6. The molecule has 1 saturated carbocycles. The third kappa shape index (κ3) is 2.70. The van der Waals surface area contributed by atoms with Gasteiger partial charge in [-0.2, -0.15) is 4.99 Å². The van der Waals surface area contributed by atoms with E-state index < -0.39 is 0 Å². The molecule has 2 rings (SSSR count). The van der Waals surface area contributed by atoms with Crippen LogP contribution in [0.15, 0.2) is 29.3 Å². The summed E-state index contributed by atoms with van der Waals surface area (Å²) in [4.78, 5) is 15.2. The molecule has 1 aromatic rings. The van der Waals surface area contributed by atoms with Crippen LogP contribution in [0, 0.1) is 5.92 Å². The molecule has 0 unspecified atom stereocenters. The predicted octanol–water partition coefficient (Wildman–Crippen LogP) is 1.71. The Hall–Kier alpha value is -1.84. The topological polar surface area (TPSA) is 81.5 Å². The number of benzene rings is 1. The SMILES string of the molecule is CC(C)c1ccc([C@@H]2C[C@H]2C(=O)N=C(N)N)cc1. The zero-order valence-corrected chi connectivity index (χ0v) is 10.8. The van der Waals surface area contributed by atoms with Gasteiger partial charge in [-0.25, -0.2) is 0 Å². The molecule has 0 bridgehead atoms. The molecule has 96 valence electrons. The largest absolute Gasteiger partial charge is 0.370 e. The third-order valence-corrected chi connectivity index (χ3v) is 3.38. The maximum Gasteiger partial charge on any atom is 0.252 e. The molecule has 1 aromatic carbocycles. The number of hydrogen-bond acceptors (Lipinski definition) is 1. The van der Waals surface area contributed by atoms with Crippen molar-refractivity contribution in [1.29, 1.82) is 0 Å². The van der Waals surface area contributed by atoms with Crippen LogP contribution in [0.3, 0.4) is 0 Å². The minimum absolute atomic E-state index is 0.0444. The standard InChI is InChI=1S/C14H19N3O/c1-8(2)9-3-5-10(6-4-9)11-7-12(11)13(18)17-14(15)16/h3-6,8,11-12H,7H2,1-2H3,(H4,15,16,17,18)/t11-,12+/m0/s1. The first-order valence-electron chi connectivity index (χ1n) is 6.22. The van der Waals surface area contributed by atoms with Crippen LogP contribution < -0.4 is 11.5 Å². The number of amides is 1. The number of guanidine groups is 1. The molecule has 0 aromatic heterocycles. The number of aliphatic imine (C=N–C) groups is 1. The molecule has 4 nitrogen and oxygen atoms in total. The van der Waals surface area contributed by atoms with Crippen molar-refractivity contribution in [3.63, 3.8) is 0 Å². The second-order valence-corrected chi connectivity index (χ2v) is 5.14. The molecule has 4 heteroatoms. The van der Waals surface area contributed by atoms with Crippen LogP contribution in [0.4, 0.5) is 0 Å². The van der Waals surface area contributed by atoms with E-state index >= 15 is 0 Å². The summed E-state index contributed by atoms with van der Waals surface area (Å²) in [6.45, 7) is 4.33. The fourth-order valence-corrected chi connectivity index (χ4v) is 2.17. The molecule has 1 fully saturated rings. The summed E-state index contributed by atoms with van der Waals surface area (Å²) in [7, 11) is 0. The van der Waals surface area contributed by atoms with Crippen molar-refractivity contribution < 1.29 is 4.79 Å². The van der Waals surface area contributed by atoms with Crippen LogP contribution in [-0.2, 0) is 4.79 Å². The Bertz CT molecular complexity index is 472. The van der Waals surface area contributed by atoms with Crippen molar-refractivity contribution in [1.82, 2.24) is 0 Å². The van der Waals surface area contributed by atoms with E-state index in [0.29, 0.717) is 5.92 Å². The molecule has 18 heavy (non-hydrogen) atoms. The van der Waals surface area contributed by atoms with Crippen LogP contribution in [0.1, 0.15) is 43.2 Å². The van der Waals surface area contributed by atoms with Crippen LogP contribution in [0.5, 0.6) is 0 Å². The van der Waals surface area contributed by atoms with E-state index in [9.17, 15) is 4.79 Å². The summed E-state index contributed by atoms with van der Waals surface area (Å²) in [5.74, 6) is 0.407. The zero-order valence-electron chi connectivity index (χ0n) is 10.8. The maximum absolute atomic E-state index is 11.6. The number of carbonyl (C=O) groups excluding carboxylic acids is 1. The van der Waals surface area contributed by atoms with Crippen molar-refractivity contribution in [2.24, 2.45) is 22.4 Å². The van der Waals surface area contributed by atoms with E-state index in [2.05, 4.69) is 43.1 Å². The molecule has 0 aliphatic heterocycles. The lowest BCUT2D eigenvalue weighted by atomic mass is 10.00. The van der Waals surface area contributed by atoms with Gasteiger partial charge in [-0.1, -0.05) is 38.1 Å². The zero-order chi connectivity index (χ0) is 13.3. The van der Waals surface area contributed by atoms with Gasteiger partial charge in [0.05, 0.1) is 0 Å². The third-order valence-electron chi connectivity index (χ3n) is 3.38. The van der Waals surface area contributed by atoms with Gasteiger partial charge in [-0.3, -0.25) is 4.79 Å². The molecule has 1 aliphatic rings. The molecule has 0 heterocycles. The highest BCUT2D eigenvalue weighted by Crippen LogP contribution is 2.48. The Morgan fingerprint density at radius 1 is 1.28 bits per heavy atom. The smallest absolute Gasteiger partial charge is 0.252 e. The Morgan fingerprint density at radius 3 is 2.39 bits per heavy atom. The fourth-order valence-electron chi connectivity index (χ4n) is 2.17. The Morgan fingerprint density at radius 2 is 1.89 bits per heavy atom. The summed E-state index contributed by atoms with van der Waals surface area (Å²) in [5.41, 5.74) is 12.9. The monoisotopic (exact) mass is 245 g/mol. The van der Waals surface area contributed by atoms with Gasteiger partial charge >= 0.3 is 0 Å². The lowest BCUT2D eigenvalue weighted by Gasteiger charge is -2.06. The first-order chi connectivity index (χ1) is 8.49. The quantitative estimate of drug-likeness (QED) is 0.628. The van der Waals surface area contributed by atoms with E-state index in [-0.39, 0.29) is 23.7 Å². The highest BCUT2D eigenvalue weighted by molar-refractivity contribution is 5.94. The summed E-state index contributed by atoms with van der Waals surface area (Å²) >= 11 is 0. The summed E-state index contributed by atoms with van der Waals surface area (Å²) in [5, 5.41) is 0. The number of rotatable bonds is 3. The van der Waals surface area contributed by atoms with Gasteiger partial charge in [-0.05, 0) is 29.4 Å². The average molecular weight is 245 g/mol. The van der Waals surface area contributed by atoms with E-state index in [1.165, 1.54) is 11.1 Å². The van der Waals surface area contributed by atoms with E-state index in [0.717, 1.165) is 6.42 Å². The van der Waals surface area contributed by atoms with Gasteiger partial charge in [0.1, 0.15) is 0 Å². The minimum atomic E-state index is -0.201. The number of nitrogens with zero attached hydrogens (tertiary/aromatic N) is 1. The van der Waals surface area contributed by atoms with E-state index in [1.807, 2.05) is 0 Å². The summed E-state index contributed by atoms with van der Waals surface area (Å²) in [6, 6.07) is 8.45. The second kappa shape index (κ2) is 4.80. The van der Waals surface area contributed by atoms with Crippen LogP contribution >= 0.6 is 0 Å². The Balaban J connectivity index is 2.03. The minimum Gasteiger partial charge on any atom is -0.370 e. The Labute approximate surface area is 107 Å². The highest BCUT2D eigenvalue weighted by Gasteiger charge is 2.43. The van der Waals surface area contributed by atoms with Gasteiger partial charge in [0, 0.05) is 5.92 Å². The van der Waals surface area contributed by atoms with Gasteiger partial charge in [0.15, 0.2) is 5.96 Å². The molecule has 4 N–H and O–H groups in total. The van der Waals surface area contributed by atoms with Gasteiger partial charge in [-0.15, -0.1) is 0 Å². The van der Waals surface area contributed by atoms with Crippen molar-refractivity contribution in [3.05, 3.63) is 35.4 Å². The molecule has 0 spiro atoms. The highest BCUT2D eigenvalue weighted by atomic mass is 16.1. The van der Waals surface area contributed by atoms with Crippen molar-refractivity contribution >= 4 is 11.9 Å². The van der Waals surface area contributed by atoms with Gasteiger partial charge in [0.25, 0.3) is 5.91 Å². The second-order valence-electron chi connectivity index (χ2n) is 5.14. The van der Waals surface area contributed by atoms with Crippen LogP contribution in [0.25, 0.3) is 0 Å². The molecule has 1 amide bonds. The van der Waals surface area contributed by atoms with Crippen LogP contribution in [-0.4, -0.2) is 11.9 Å². The van der Waals surface area contributed by atoms with Crippen LogP contribution in [0.2, 0.25) is 0 Å². The van der Waals surface area contributed by atoms with Gasteiger partial charge < -0.3 is 11.5 Å². The van der Waals surface area contributed by atoms with Crippen molar-refractivity contribution in [3.8, 4) is 0 Å². The Kier molecular flexibility index (Phi) is 3.36.